The summed E-state index contributed by atoms with van der Waals surface area (Å²) < 4.78 is 0. The molecule has 0 radical (unpaired) electrons. The Bertz CT molecular complexity index is 767. The van der Waals surface area contributed by atoms with Crippen LogP contribution in [0.4, 0.5) is 0 Å². The molecule has 3 unspecified atom stereocenters. The van der Waals surface area contributed by atoms with E-state index >= 15 is 0 Å². The van der Waals surface area contributed by atoms with Crippen molar-refractivity contribution < 1.29 is 0 Å². The molecule has 4 rings (SSSR count). The van der Waals surface area contributed by atoms with Crippen molar-refractivity contribution in [2.45, 2.75) is 146 Å². The molecule has 0 saturated heterocycles. The Hall–Kier alpha value is -0.200. The summed E-state index contributed by atoms with van der Waals surface area (Å²) in [5, 5.41) is 0. The van der Waals surface area contributed by atoms with Crippen molar-refractivity contribution in [2.75, 3.05) is 0 Å². The van der Waals surface area contributed by atoms with E-state index in [-0.39, 0.29) is 33.4 Å². The first-order chi connectivity index (χ1) is 15.0. The Kier molecular flexibility index (Phi) is 6.00. The van der Waals surface area contributed by atoms with Gasteiger partial charge in [0.05, 0.1) is 0 Å². The molecule has 33 heavy (non-hydrogen) atoms. The molecule has 0 bridgehead atoms. The first kappa shape index (κ1) is 25.9. The van der Waals surface area contributed by atoms with Gasteiger partial charge in [-0.05, 0) is 88.9 Å². The number of hydrogen-bond acceptors (Lipinski definition) is 5. The fourth-order valence-electron chi connectivity index (χ4n) is 9.88. The zero-order valence-electron chi connectivity index (χ0n) is 22.6. The van der Waals surface area contributed by atoms with Crippen LogP contribution in [-0.2, 0) is 0 Å². The van der Waals surface area contributed by atoms with Crippen LogP contribution < -0.4 is 28.7 Å². The lowest BCUT2D eigenvalue weighted by Gasteiger charge is -2.73. The fraction of sp³-hybridized carbons (Fsp3) is 1.00. The molecule has 4 saturated carbocycles. The summed E-state index contributed by atoms with van der Waals surface area (Å²) in [7, 11) is 0. The third-order valence-electron chi connectivity index (χ3n) is 12.6. The van der Waals surface area contributed by atoms with Crippen molar-refractivity contribution in [3.8, 4) is 0 Å². The van der Waals surface area contributed by atoms with Crippen LogP contribution >= 0.6 is 0 Å². The maximum atomic E-state index is 7.58. The average Bonchev–Trinajstić information content (AvgIpc) is 2.92. The highest BCUT2D eigenvalue weighted by molar-refractivity contribution is 5.34. The van der Waals surface area contributed by atoms with Gasteiger partial charge in [-0.2, -0.15) is 0 Å². The molecule has 0 aliphatic heterocycles. The smallest absolute Gasteiger partial charge is 0.0407 e. The molecule has 5 heteroatoms. The maximum Gasteiger partial charge on any atom is 0.0407 e. The summed E-state index contributed by atoms with van der Waals surface area (Å²) in [4.78, 5) is 0. The Morgan fingerprint density at radius 3 is 2.09 bits per heavy atom. The SMILES string of the molecule is CC(C)CCCC(C)(N)[C@@]1(N)CC[C@@]2(N)C3CC[C@@]4(N)CC(C)CC[C@]4(C)[C@@]3(N)CC[C@@]21C. The minimum atomic E-state index is -0.480. The molecule has 10 N–H and O–H groups in total. The van der Waals surface area contributed by atoms with Crippen LogP contribution in [0.5, 0.6) is 0 Å². The van der Waals surface area contributed by atoms with E-state index in [2.05, 4.69) is 41.5 Å². The first-order valence-electron chi connectivity index (χ1n) is 14.0. The zero-order valence-corrected chi connectivity index (χ0v) is 22.6. The number of hydrogen-bond donors (Lipinski definition) is 5. The van der Waals surface area contributed by atoms with Crippen LogP contribution in [0.1, 0.15) is 119 Å². The van der Waals surface area contributed by atoms with Crippen molar-refractivity contribution in [1.82, 2.24) is 0 Å². The second-order valence-corrected chi connectivity index (χ2v) is 14.5. The quantitative estimate of drug-likeness (QED) is 0.420. The normalized spacial score (nSPS) is 53.8. The van der Waals surface area contributed by atoms with E-state index in [0.29, 0.717) is 11.8 Å². The van der Waals surface area contributed by atoms with Crippen LogP contribution in [0, 0.1) is 28.6 Å². The van der Waals surface area contributed by atoms with Gasteiger partial charge in [-0.15, -0.1) is 0 Å². The average molecular weight is 462 g/mol. The topological polar surface area (TPSA) is 130 Å². The third kappa shape index (κ3) is 3.14. The van der Waals surface area contributed by atoms with Crippen molar-refractivity contribution in [3.63, 3.8) is 0 Å². The summed E-state index contributed by atoms with van der Waals surface area (Å²) in [6, 6.07) is 0. The van der Waals surface area contributed by atoms with E-state index in [0.717, 1.165) is 64.2 Å². The second kappa shape index (κ2) is 7.65. The molecule has 0 heterocycles. The van der Waals surface area contributed by atoms with Gasteiger partial charge in [0.25, 0.3) is 0 Å². The lowest BCUT2D eigenvalue weighted by Crippen LogP contribution is -2.84. The predicted octanol–water partition coefficient (Wildman–Crippen LogP) is 4.15. The van der Waals surface area contributed by atoms with E-state index in [1.54, 1.807) is 0 Å². The molecule has 9 atom stereocenters. The zero-order chi connectivity index (χ0) is 24.7. The van der Waals surface area contributed by atoms with Gasteiger partial charge in [0.2, 0.25) is 0 Å². The van der Waals surface area contributed by atoms with E-state index in [4.69, 9.17) is 28.7 Å². The maximum absolute atomic E-state index is 7.58. The third-order valence-corrected chi connectivity index (χ3v) is 12.6. The first-order valence-corrected chi connectivity index (χ1v) is 14.0. The molecule has 0 aromatic heterocycles. The number of nitrogens with two attached hydrogens (primary N) is 5. The Balaban J connectivity index is 1.69. The molecule has 0 aromatic carbocycles. The molecule has 0 amide bonds. The minimum absolute atomic E-state index is 0.0771. The van der Waals surface area contributed by atoms with Crippen LogP contribution in [0.25, 0.3) is 0 Å². The summed E-state index contributed by atoms with van der Waals surface area (Å²) in [5.41, 5.74) is 34.8. The minimum Gasteiger partial charge on any atom is -0.325 e. The molecule has 0 spiro atoms. The molecule has 192 valence electrons. The van der Waals surface area contributed by atoms with E-state index in [9.17, 15) is 0 Å². The lowest BCUT2D eigenvalue weighted by molar-refractivity contribution is -0.159. The molecule has 4 aliphatic carbocycles. The van der Waals surface area contributed by atoms with E-state index < -0.39 is 11.1 Å². The van der Waals surface area contributed by atoms with E-state index in [1.807, 2.05) is 0 Å². The van der Waals surface area contributed by atoms with Crippen LogP contribution in [0.3, 0.4) is 0 Å². The van der Waals surface area contributed by atoms with Crippen LogP contribution in [0.2, 0.25) is 0 Å². The van der Waals surface area contributed by atoms with Crippen molar-refractivity contribution in [3.05, 3.63) is 0 Å². The highest BCUT2D eigenvalue weighted by atomic mass is 15.1. The Labute approximate surface area is 203 Å². The van der Waals surface area contributed by atoms with E-state index in [1.165, 1.54) is 12.8 Å². The van der Waals surface area contributed by atoms with Crippen LogP contribution in [-0.4, -0.2) is 27.7 Å². The molecule has 0 aromatic rings. The summed E-state index contributed by atoms with van der Waals surface area (Å²) in [6.45, 7) is 13.9. The standard InChI is InChI=1S/C28H55N5/c1-19(2)8-7-11-24(6,29)28(33)17-16-27(32)21-10-13-25(30)18-20(3)9-12-22(25,4)26(21,31)15-14-23(27,28)5/h19-21H,7-18,29-33H2,1-6H3/t20?,21?,22-,23-,24?,25+,26+,27+,28+/m0/s1. The van der Waals surface area contributed by atoms with Crippen LogP contribution in [0.15, 0.2) is 0 Å². The molecule has 4 aliphatic rings. The van der Waals surface area contributed by atoms with Gasteiger partial charge in [-0.1, -0.05) is 47.5 Å². The van der Waals surface area contributed by atoms with Crippen molar-refractivity contribution >= 4 is 0 Å². The highest BCUT2D eigenvalue weighted by Gasteiger charge is 2.76. The largest absolute Gasteiger partial charge is 0.325 e. The molecule has 4 fully saturated rings. The van der Waals surface area contributed by atoms with Gasteiger partial charge in [0.15, 0.2) is 0 Å². The lowest BCUT2D eigenvalue weighted by atomic mass is 9.36. The molecule has 5 nitrogen and oxygen atoms in total. The monoisotopic (exact) mass is 461 g/mol. The van der Waals surface area contributed by atoms with Gasteiger partial charge in [-0.3, -0.25) is 0 Å². The Morgan fingerprint density at radius 1 is 0.848 bits per heavy atom. The van der Waals surface area contributed by atoms with Gasteiger partial charge in [0, 0.05) is 38.5 Å². The molecular formula is C28H55N5. The molecular weight excluding hydrogens is 406 g/mol. The summed E-state index contributed by atoms with van der Waals surface area (Å²) in [5.74, 6) is 1.61. The summed E-state index contributed by atoms with van der Waals surface area (Å²) >= 11 is 0. The van der Waals surface area contributed by atoms with Gasteiger partial charge < -0.3 is 28.7 Å². The van der Waals surface area contributed by atoms with Gasteiger partial charge in [-0.25, -0.2) is 0 Å². The second-order valence-electron chi connectivity index (χ2n) is 14.5. The predicted molar refractivity (Wildman–Crippen MR) is 139 cm³/mol. The van der Waals surface area contributed by atoms with Gasteiger partial charge >= 0.3 is 0 Å². The van der Waals surface area contributed by atoms with Gasteiger partial charge in [0.1, 0.15) is 0 Å². The fourth-order valence-corrected chi connectivity index (χ4v) is 9.88. The number of fused-ring (bicyclic) bond motifs is 5. The van der Waals surface area contributed by atoms with Crippen molar-refractivity contribution in [1.29, 1.82) is 0 Å². The summed E-state index contributed by atoms with van der Waals surface area (Å²) in [6.07, 6.45) is 12.4. The Morgan fingerprint density at radius 2 is 1.45 bits per heavy atom. The number of rotatable bonds is 5. The highest BCUT2D eigenvalue weighted by Crippen LogP contribution is 2.71. The van der Waals surface area contributed by atoms with Crippen molar-refractivity contribution in [2.24, 2.45) is 57.3 Å².